The minimum atomic E-state index is -4.83. The van der Waals surface area contributed by atoms with Crippen LogP contribution in [0.15, 0.2) is 0 Å². The van der Waals surface area contributed by atoms with E-state index in [2.05, 4.69) is 0 Å². The van der Waals surface area contributed by atoms with E-state index in [1.807, 2.05) is 27.7 Å². The fourth-order valence-electron chi connectivity index (χ4n) is 3.31. The summed E-state index contributed by atoms with van der Waals surface area (Å²) in [5.41, 5.74) is 0. The summed E-state index contributed by atoms with van der Waals surface area (Å²) >= 11 is 0. The Kier molecular flexibility index (Phi) is 30.1. The molecule has 0 bridgehead atoms. The van der Waals surface area contributed by atoms with Crippen LogP contribution in [0.1, 0.15) is 91.9 Å². The van der Waals surface area contributed by atoms with Gasteiger partial charge in [-0.1, -0.05) is 66.2 Å². The van der Waals surface area contributed by atoms with Crippen molar-refractivity contribution in [3.63, 3.8) is 0 Å². The third kappa shape index (κ3) is 24.1. The van der Waals surface area contributed by atoms with E-state index in [0.29, 0.717) is 0 Å². The molecule has 0 saturated carbocycles. The van der Waals surface area contributed by atoms with E-state index >= 15 is 0 Å². The van der Waals surface area contributed by atoms with Crippen LogP contribution in [0.2, 0.25) is 0 Å². The van der Waals surface area contributed by atoms with Crippen molar-refractivity contribution in [2.75, 3.05) is 13.2 Å². The van der Waals surface area contributed by atoms with Gasteiger partial charge in [0.2, 0.25) is 0 Å². The molecular weight excluding hydrogens is 622 g/mol. The number of ether oxygens (including phenoxy) is 2. The van der Waals surface area contributed by atoms with E-state index in [4.69, 9.17) is 18.6 Å². The maximum absolute atomic E-state index is 11.6. The average molecular weight is 665 g/mol. The van der Waals surface area contributed by atoms with Gasteiger partial charge < -0.3 is 29.3 Å². The van der Waals surface area contributed by atoms with Crippen molar-refractivity contribution in [1.82, 2.24) is 0 Å². The van der Waals surface area contributed by atoms with Gasteiger partial charge in [0.05, 0.1) is 13.2 Å². The van der Waals surface area contributed by atoms with Gasteiger partial charge in [-0.15, -0.1) is 0 Å². The predicted octanol–water partition coefficient (Wildman–Crippen LogP) is -5.71. The average Bonchev–Trinajstić information content (AvgIpc) is 2.84. The molecule has 2 N–H and O–H groups in total. The van der Waals surface area contributed by atoms with E-state index < -0.39 is 67.5 Å². The summed E-state index contributed by atoms with van der Waals surface area (Å²) in [5, 5.41) is 16.5. The molecule has 14 nitrogen and oxygen atoms in total. The molecule has 0 aromatic rings. The Hall–Kier alpha value is -0.300. The number of esters is 2. The van der Waals surface area contributed by atoms with Crippen LogP contribution in [0.5, 0.6) is 0 Å². The van der Waals surface area contributed by atoms with Crippen LogP contribution in [-0.4, -0.2) is 73.5 Å². The molecule has 0 amide bonds. The first-order valence-electron chi connectivity index (χ1n) is 13.1. The molecule has 4 atom stereocenters. The topological polar surface area (TPSA) is 242 Å². The SMILES string of the molecule is CCCCC(CC)COC(=O)C(CC(=O)[O-])S(=O)(=O)O.CCCCC(CC)COC(=O)C(CC(=O)[O-])S(=O)(=O)O.[Na+].[Na+]. The summed E-state index contributed by atoms with van der Waals surface area (Å²) in [6.45, 7) is 7.88. The van der Waals surface area contributed by atoms with E-state index in [0.717, 1.165) is 51.4 Å². The summed E-state index contributed by atoms with van der Waals surface area (Å²) in [6.07, 6.45) is 4.81. The Morgan fingerprint density at radius 2 is 0.929 bits per heavy atom. The first-order valence-corrected chi connectivity index (χ1v) is 16.1. The van der Waals surface area contributed by atoms with Crippen LogP contribution in [0.3, 0.4) is 0 Å². The number of hydrogen-bond donors (Lipinski definition) is 2. The molecule has 4 unspecified atom stereocenters. The molecular formula is C24H42Na2O14S2. The Bertz CT molecular complexity index is 923. The molecule has 18 heteroatoms. The number of carboxylic acids is 2. The van der Waals surface area contributed by atoms with E-state index in [-0.39, 0.29) is 84.2 Å². The summed E-state index contributed by atoms with van der Waals surface area (Å²) in [6, 6.07) is 0. The molecule has 0 spiro atoms. The maximum Gasteiger partial charge on any atom is 1.00 e. The van der Waals surface area contributed by atoms with Crippen LogP contribution in [0.25, 0.3) is 0 Å². The van der Waals surface area contributed by atoms with Crippen molar-refractivity contribution in [3.05, 3.63) is 0 Å². The molecule has 0 aliphatic carbocycles. The number of rotatable bonds is 20. The standard InChI is InChI=1S/2C12H22O7S.2Na/c2*1-3-5-6-9(4-2)8-19-12(15)10(7-11(13)14)20(16,17)18;;/h2*9-10H,3-8H2,1-2H3,(H,13,14)(H,16,17,18);;/q;;2*+1/p-2. The van der Waals surface area contributed by atoms with Gasteiger partial charge in [-0.2, -0.15) is 16.8 Å². The van der Waals surface area contributed by atoms with Gasteiger partial charge in [-0.05, 0) is 24.7 Å². The number of carboxylic acid groups (broad SMARTS) is 2. The Morgan fingerprint density at radius 3 is 1.12 bits per heavy atom. The molecule has 0 aromatic heterocycles. The normalized spacial score (nSPS) is 13.9. The number of unbranched alkanes of at least 4 members (excludes halogenated alkanes) is 2. The second-order valence-electron chi connectivity index (χ2n) is 9.25. The van der Waals surface area contributed by atoms with Gasteiger partial charge in [0.25, 0.3) is 20.2 Å². The number of carbonyl (C=O) groups is 4. The molecule has 236 valence electrons. The predicted molar refractivity (Wildman–Crippen MR) is 138 cm³/mol. The zero-order valence-corrected chi connectivity index (χ0v) is 31.0. The smallest absolute Gasteiger partial charge is 0.550 e. The maximum atomic E-state index is 11.6. The molecule has 0 aliphatic heterocycles. The molecule has 0 radical (unpaired) electrons. The van der Waals surface area contributed by atoms with Crippen LogP contribution in [0, 0.1) is 11.8 Å². The molecule has 0 aliphatic rings. The minimum absolute atomic E-state index is 0. The van der Waals surface area contributed by atoms with Crippen LogP contribution >= 0.6 is 0 Å². The number of hydrogen-bond acceptors (Lipinski definition) is 12. The van der Waals surface area contributed by atoms with Gasteiger partial charge in [0.1, 0.15) is 0 Å². The molecule has 0 heterocycles. The van der Waals surface area contributed by atoms with Crippen LogP contribution in [-0.2, 0) is 48.9 Å². The zero-order valence-electron chi connectivity index (χ0n) is 25.4. The van der Waals surface area contributed by atoms with E-state index in [1.165, 1.54) is 0 Å². The molecule has 0 fully saturated rings. The van der Waals surface area contributed by atoms with Crippen molar-refractivity contribution in [2.24, 2.45) is 11.8 Å². The summed E-state index contributed by atoms with van der Waals surface area (Å²) in [4.78, 5) is 43.9. The molecule has 0 rings (SSSR count). The third-order valence-electron chi connectivity index (χ3n) is 5.96. The van der Waals surface area contributed by atoms with Crippen LogP contribution in [0.4, 0.5) is 0 Å². The van der Waals surface area contributed by atoms with Crippen LogP contribution < -0.4 is 69.3 Å². The molecule has 42 heavy (non-hydrogen) atoms. The molecule has 0 saturated heterocycles. The van der Waals surface area contributed by atoms with Gasteiger partial charge >= 0.3 is 71.1 Å². The summed E-state index contributed by atoms with van der Waals surface area (Å²) in [5.74, 6) is -5.84. The Balaban J connectivity index is -0.000000328. The third-order valence-corrected chi connectivity index (χ3v) is 8.11. The van der Waals surface area contributed by atoms with Crippen molar-refractivity contribution in [3.8, 4) is 0 Å². The second-order valence-corrected chi connectivity index (χ2v) is 12.5. The monoisotopic (exact) mass is 664 g/mol. The van der Waals surface area contributed by atoms with Gasteiger partial charge in [0, 0.05) is 24.8 Å². The first-order chi connectivity index (χ1) is 18.4. The van der Waals surface area contributed by atoms with Crippen molar-refractivity contribution >= 4 is 44.1 Å². The zero-order chi connectivity index (χ0) is 31.5. The van der Waals surface area contributed by atoms with Gasteiger partial charge in [-0.25, -0.2) is 0 Å². The van der Waals surface area contributed by atoms with Gasteiger partial charge in [0.15, 0.2) is 10.5 Å². The fraction of sp³-hybridized carbons (Fsp3) is 0.833. The molecule has 0 aromatic carbocycles. The quantitative estimate of drug-likeness (QED) is 0.0700. The fourth-order valence-corrected chi connectivity index (χ4v) is 4.62. The van der Waals surface area contributed by atoms with E-state index in [1.54, 1.807) is 0 Å². The number of aliphatic carboxylic acids is 2. The first kappa shape index (κ1) is 48.6. The van der Waals surface area contributed by atoms with Crippen molar-refractivity contribution < 1.29 is 124 Å². The minimum Gasteiger partial charge on any atom is -0.550 e. The summed E-state index contributed by atoms with van der Waals surface area (Å²) in [7, 11) is -9.65. The Morgan fingerprint density at radius 1 is 0.643 bits per heavy atom. The van der Waals surface area contributed by atoms with E-state index in [9.17, 15) is 46.2 Å². The van der Waals surface area contributed by atoms with Crippen molar-refractivity contribution in [1.29, 1.82) is 0 Å². The van der Waals surface area contributed by atoms with Crippen molar-refractivity contribution in [2.45, 2.75) is 102 Å². The second kappa shape index (κ2) is 26.0. The Labute approximate surface area is 293 Å². The van der Waals surface area contributed by atoms with Gasteiger partial charge in [-0.3, -0.25) is 18.7 Å². The summed E-state index contributed by atoms with van der Waals surface area (Å²) < 4.78 is 71.1. The largest absolute Gasteiger partial charge is 1.00 e. The number of carbonyl (C=O) groups excluding carboxylic acids is 4.